The molecule has 0 aliphatic carbocycles. The first-order valence-electron chi connectivity index (χ1n) is 11.9. The number of anilines is 1. The first kappa shape index (κ1) is 25.2. The van der Waals surface area contributed by atoms with Gasteiger partial charge in [-0.3, -0.25) is 19.3 Å². The number of primary amides is 1. The molecular formula is C26H26N6O3S. The lowest BCUT2D eigenvalue weighted by molar-refractivity contribution is -0.141. The maximum atomic E-state index is 12.4. The number of aromatic nitrogens is 1. The Kier molecular flexibility index (Phi) is 7.56. The Labute approximate surface area is 213 Å². The minimum Gasteiger partial charge on any atom is -0.368 e. The number of amides is 3. The molecule has 4 rings (SSSR count). The van der Waals surface area contributed by atoms with E-state index in [1.165, 1.54) is 4.90 Å². The summed E-state index contributed by atoms with van der Waals surface area (Å²) < 4.78 is 0. The Morgan fingerprint density at radius 3 is 2.25 bits per heavy atom. The van der Waals surface area contributed by atoms with E-state index in [9.17, 15) is 24.9 Å². The molecular weight excluding hydrogens is 476 g/mol. The minimum atomic E-state index is -0.755. The monoisotopic (exact) mass is 502 g/mol. The Balaban J connectivity index is 1.69. The van der Waals surface area contributed by atoms with Gasteiger partial charge in [0, 0.05) is 32.0 Å². The number of carbonyl (C=O) groups is 3. The summed E-state index contributed by atoms with van der Waals surface area (Å²) in [5, 5.41) is 19.6. The minimum absolute atomic E-state index is 0.127. The Morgan fingerprint density at radius 2 is 1.72 bits per heavy atom. The summed E-state index contributed by atoms with van der Waals surface area (Å²) >= 11 is 1.11. The molecule has 36 heavy (non-hydrogen) atoms. The first-order valence-corrected chi connectivity index (χ1v) is 12.7. The van der Waals surface area contributed by atoms with Gasteiger partial charge in [-0.05, 0) is 30.4 Å². The highest BCUT2D eigenvalue weighted by molar-refractivity contribution is 8.00. The van der Waals surface area contributed by atoms with Crippen molar-refractivity contribution >= 4 is 35.3 Å². The number of hydrogen-bond acceptors (Lipinski definition) is 8. The number of benzene rings is 1. The molecule has 3 heterocycles. The van der Waals surface area contributed by atoms with Crippen LogP contribution in [-0.4, -0.2) is 46.7 Å². The zero-order valence-corrected chi connectivity index (χ0v) is 20.8. The third kappa shape index (κ3) is 4.77. The summed E-state index contributed by atoms with van der Waals surface area (Å²) in [5.74, 6) is -0.359. The Bertz CT molecular complexity index is 1260. The highest BCUT2D eigenvalue weighted by atomic mass is 32.2. The van der Waals surface area contributed by atoms with Gasteiger partial charge >= 0.3 is 0 Å². The number of imide groups is 1. The van der Waals surface area contributed by atoms with Gasteiger partial charge < -0.3 is 10.6 Å². The van der Waals surface area contributed by atoms with Crippen molar-refractivity contribution in [3.05, 3.63) is 52.6 Å². The standard InChI is InChI=1S/C26H26N6O3S/c1-2-18-19(14-27)25(31-12-10-17(11-13-31)32-21(33)8-9-22(32)34)30-26(20(18)15-28)36-23(24(29)35)16-6-4-3-5-7-16/h3-7,17,23H,2,8-13H2,1H3,(H2,29,35). The number of pyridine rings is 1. The van der Waals surface area contributed by atoms with Crippen molar-refractivity contribution in [2.45, 2.75) is 55.3 Å². The van der Waals surface area contributed by atoms with Crippen LogP contribution in [0.3, 0.4) is 0 Å². The summed E-state index contributed by atoms with van der Waals surface area (Å²) in [5.41, 5.74) is 7.60. The highest BCUT2D eigenvalue weighted by Gasteiger charge is 2.37. The van der Waals surface area contributed by atoms with Crippen molar-refractivity contribution in [1.82, 2.24) is 9.88 Å². The third-order valence-electron chi connectivity index (χ3n) is 6.64. The molecule has 2 N–H and O–H groups in total. The van der Waals surface area contributed by atoms with Crippen LogP contribution in [0.25, 0.3) is 0 Å². The summed E-state index contributed by atoms with van der Waals surface area (Å²) in [6, 6.07) is 13.3. The van der Waals surface area contributed by atoms with E-state index in [2.05, 4.69) is 12.1 Å². The number of piperidine rings is 1. The highest BCUT2D eigenvalue weighted by Crippen LogP contribution is 2.40. The van der Waals surface area contributed by atoms with Crippen molar-refractivity contribution in [2.24, 2.45) is 5.73 Å². The van der Waals surface area contributed by atoms with Crippen LogP contribution in [0, 0.1) is 22.7 Å². The van der Waals surface area contributed by atoms with E-state index in [1.54, 1.807) is 12.1 Å². The number of nitriles is 2. The molecule has 184 valence electrons. The van der Waals surface area contributed by atoms with Crippen molar-refractivity contribution in [1.29, 1.82) is 10.5 Å². The van der Waals surface area contributed by atoms with Crippen LogP contribution < -0.4 is 10.6 Å². The quantitative estimate of drug-likeness (QED) is 0.449. The van der Waals surface area contributed by atoms with Gasteiger partial charge in [-0.2, -0.15) is 10.5 Å². The number of nitrogens with two attached hydrogens (primary N) is 1. The van der Waals surface area contributed by atoms with E-state index in [4.69, 9.17) is 10.7 Å². The molecule has 10 heteroatoms. The fourth-order valence-electron chi connectivity index (χ4n) is 4.86. The fourth-order valence-corrected chi connectivity index (χ4v) is 5.92. The van der Waals surface area contributed by atoms with Crippen LogP contribution >= 0.6 is 11.8 Å². The van der Waals surface area contributed by atoms with Gasteiger partial charge in [-0.25, -0.2) is 4.98 Å². The second kappa shape index (κ2) is 10.8. The van der Waals surface area contributed by atoms with Gasteiger partial charge in [0.15, 0.2) is 0 Å². The Morgan fingerprint density at radius 1 is 1.11 bits per heavy atom. The molecule has 1 unspecified atom stereocenters. The number of thioether (sulfide) groups is 1. The number of rotatable bonds is 7. The van der Waals surface area contributed by atoms with E-state index in [0.717, 1.165) is 11.8 Å². The van der Waals surface area contributed by atoms with Crippen LogP contribution in [-0.2, 0) is 20.8 Å². The molecule has 2 fully saturated rings. The second-order valence-corrected chi connectivity index (χ2v) is 9.83. The number of likely N-dealkylation sites (tertiary alicyclic amines) is 1. The predicted octanol–water partition coefficient (Wildman–Crippen LogP) is 2.82. The van der Waals surface area contributed by atoms with E-state index in [0.29, 0.717) is 59.9 Å². The maximum absolute atomic E-state index is 12.4. The van der Waals surface area contributed by atoms with Crippen molar-refractivity contribution in [3.63, 3.8) is 0 Å². The van der Waals surface area contributed by atoms with Crippen LogP contribution in [0.15, 0.2) is 35.4 Å². The molecule has 2 aromatic rings. The second-order valence-electron chi connectivity index (χ2n) is 8.73. The van der Waals surface area contributed by atoms with Crippen LogP contribution in [0.2, 0.25) is 0 Å². The molecule has 0 saturated carbocycles. The zero-order valence-electron chi connectivity index (χ0n) is 19.9. The SMILES string of the molecule is CCc1c(C#N)c(SC(C(N)=O)c2ccccc2)nc(N2CCC(N3C(=O)CCC3=O)CC2)c1C#N. The van der Waals surface area contributed by atoms with Crippen LogP contribution in [0.1, 0.15) is 60.1 Å². The topological polar surface area (TPSA) is 144 Å². The van der Waals surface area contributed by atoms with E-state index >= 15 is 0 Å². The molecule has 3 amide bonds. The largest absolute Gasteiger partial charge is 0.368 e. The molecule has 0 bridgehead atoms. The van der Waals surface area contributed by atoms with Crippen molar-refractivity contribution in [2.75, 3.05) is 18.0 Å². The number of hydrogen-bond donors (Lipinski definition) is 1. The smallest absolute Gasteiger partial charge is 0.235 e. The predicted molar refractivity (Wildman–Crippen MR) is 134 cm³/mol. The van der Waals surface area contributed by atoms with E-state index in [1.807, 2.05) is 30.0 Å². The molecule has 2 aliphatic heterocycles. The van der Waals surface area contributed by atoms with Crippen LogP contribution in [0.4, 0.5) is 5.82 Å². The molecule has 1 atom stereocenters. The number of carbonyl (C=O) groups excluding carboxylic acids is 3. The normalized spacial score (nSPS) is 17.1. The van der Waals surface area contributed by atoms with Gasteiger partial charge in [0.25, 0.3) is 0 Å². The fraction of sp³-hybridized carbons (Fsp3) is 0.385. The molecule has 2 saturated heterocycles. The Hall–Kier alpha value is -3.89. The summed E-state index contributed by atoms with van der Waals surface area (Å²) in [7, 11) is 0. The van der Waals surface area contributed by atoms with Gasteiger partial charge in [-0.15, -0.1) is 0 Å². The molecule has 9 nitrogen and oxygen atoms in total. The zero-order chi connectivity index (χ0) is 25.8. The number of nitrogens with zero attached hydrogens (tertiary/aromatic N) is 5. The van der Waals surface area contributed by atoms with Crippen molar-refractivity contribution in [3.8, 4) is 12.1 Å². The molecule has 2 aliphatic rings. The van der Waals surface area contributed by atoms with Gasteiger partial charge in [0.2, 0.25) is 17.7 Å². The average Bonchev–Trinajstić information content (AvgIpc) is 3.24. The maximum Gasteiger partial charge on any atom is 0.235 e. The summed E-state index contributed by atoms with van der Waals surface area (Å²) in [6.07, 6.45) is 2.11. The summed E-state index contributed by atoms with van der Waals surface area (Å²) in [4.78, 5) is 44.8. The lowest BCUT2D eigenvalue weighted by Gasteiger charge is -2.37. The first-order chi connectivity index (χ1) is 17.4. The molecule has 0 spiro atoms. The summed E-state index contributed by atoms with van der Waals surface area (Å²) in [6.45, 7) is 2.87. The van der Waals surface area contributed by atoms with Crippen LogP contribution in [0.5, 0.6) is 0 Å². The molecule has 0 radical (unpaired) electrons. The van der Waals surface area contributed by atoms with Gasteiger partial charge in [0.05, 0.1) is 11.1 Å². The van der Waals surface area contributed by atoms with E-state index < -0.39 is 11.2 Å². The lowest BCUT2D eigenvalue weighted by atomic mass is 9.99. The molecule has 1 aromatic heterocycles. The van der Waals surface area contributed by atoms with Gasteiger partial charge in [-0.1, -0.05) is 49.0 Å². The lowest BCUT2D eigenvalue weighted by Crippen LogP contribution is -2.47. The average molecular weight is 503 g/mol. The third-order valence-corrected chi connectivity index (χ3v) is 7.89. The molecule has 1 aromatic carbocycles. The van der Waals surface area contributed by atoms with Crippen molar-refractivity contribution < 1.29 is 14.4 Å². The van der Waals surface area contributed by atoms with E-state index in [-0.39, 0.29) is 36.3 Å². The van der Waals surface area contributed by atoms with Gasteiger partial charge in [0.1, 0.15) is 28.2 Å².